The van der Waals surface area contributed by atoms with E-state index < -0.39 is 9.84 Å². The molecule has 1 aromatic heterocycles. The summed E-state index contributed by atoms with van der Waals surface area (Å²) in [7, 11) is -3.13. The standard InChI is InChI=1S/C13H17N3O2S/c1-10(14-7-11-8-15-16-9-11)12-3-5-13(6-4-12)19(2,17)18/h3-6,8-10,14H,7H2,1-2H3,(H,15,16). The normalized spacial score (nSPS) is 13.4. The minimum absolute atomic E-state index is 0.142. The lowest BCUT2D eigenvalue weighted by atomic mass is 10.1. The topological polar surface area (TPSA) is 74.8 Å². The van der Waals surface area contributed by atoms with Crippen LogP contribution in [0.3, 0.4) is 0 Å². The highest BCUT2D eigenvalue weighted by atomic mass is 32.2. The van der Waals surface area contributed by atoms with Crippen LogP contribution in [0, 0.1) is 0 Å². The van der Waals surface area contributed by atoms with E-state index in [0.717, 1.165) is 11.1 Å². The van der Waals surface area contributed by atoms with E-state index in [0.29, 0.717) is 11.4 Å². The van der Waals surface area contributed by atoms with Gasteiger partial charge < -0.3 is 5.32 Å². The van der Waals surface area contributed by atoms with E-state index >= 15 is 0 Å². The molecule has 102 valence electrons. The Morgan fingerprint density at radius 3 is 2.53 bits per heavy atom. The fourth-order valence-corrected chi connectivity index (χ4v) is 2.40. The Morgan fingerprint density at radius 1 is 1.32 bits per heavy atom. The van der Waals surface area contributed by atoms with Crippen LogP contribution in [0.4, 0.5) is 0 Å². The molecule has 1 unspecified atom stereocenters. The SMILES string of the molecule is CC(NCc1cn[nH]c1)c1ccc(S(C)(=O)=O)cc1. The minimum atomic E-state index is -3.13. The number of benzene rings is 1. The van der Waals surface area contributed by atoms with E-state index in [-0.39, 0.29) is 6.04 Å². The summed E-state index contributed by atoms with van der Waals surface area (Å²) in [6.07, 6.45) is 4.82. The Balaban J connectivity index is 2.01. The fraction of sp³-hybridized carbons (Fsp3) is 0.308. The van der Waals surface area contributed by atoms with Crippen LogP contribution in [0.25, 0.3) is 0 Å². The molecule has 0 aliphatic heterocycles. The van der Waals surface area contributed by atoms with Crippen molar-refractivity contribution in [2.75, 3.05) is 6.26 Å². The van der Waals surface area contributed by atoms with Crippen LogP contribution in [0.5, 0.6) is 0 Å². The summed E-state index contributed by atoms with van der Waals surface area (Å²) in [4.78, 5) is 0.346. The number of H-pyrrole nitrogens is 1. The van der Waals surface area contributed by atoms with Gasteiger partial charge >= 0.3 is 0 Å². The van der Waals surface area contributed by atoms with Crippen LogP contribution in [0.15, 0.2) is 41.6 Å². The number of nitrogens with zero attached hydrogens (tertiary/aromatic N) is 1. The van der Waals surface area contributed by atoms with Crippen molar-refractivity contribution in [3.8, 4) is 0 Å². The first-order valence-corrected chi connectivity index (χ1v) is 7.87. The van der Waals surface area contributed by atoms with Gasteiger partial charge in [0.1, 0.15) is 0 Å². The summed E-state index contributed by atoms with van der Waals surface area (Å²) in [6, 6.07) is 7.09. The second-order valence-electron chi connectivity index (χ2n) is 4.55. The molecule has 1 aromatic carbocycles. The van der Waals surface area contributed by atoms with Gasteiger partial charge in [0.25, 0.3) is 0 Å². The molecule has 0 bridgehead atoms. The summed E-state index contributed by atoms with van der Waals surface area (Å²) in [5, 5.41) is 9.99. The highest BCUT2D eigenvalue weighted by molar-refractivity contribution is 7.90. The van der Waals surface area contributed by atoms with Crippen LogP contribution in [-0.2, 0) is 16.4 Å². The molecule has 2 N–H and O–H groups in total. The first kappa shape index (κ1) is 13.8. The van der Waals surface area contributed by atoms with Crippen molar-refractivity contribution in [1.29, 1.82) is 0 Å². The number of aromatic nitrogens is 2. The first-order chi connectivity index (χ1) is 8.97. The minimum Gasteiger partial charge on any atom is -0.306 e. The molecule has 0 saturated carbocycles. The number of aromatic amines is 1. The van der Waals surface area contributed by atoms with E-state index in [2.05, 4.69) is 15.5 Å². The Labute approximate surface area is 113 Å². The molecule has 19 heavy (non-hydrogen) atoms. The van der Waals surface area contributed by atoms with Crippen molar-refractivity contribution < 1.29 is 8.42 Å². The molecule has 0 aliphatic carbocycles. The summed E-state index contributed by atoms with van der Waals surface area (Å²) < 4.78 is 22.7. The zero-order chi connectivity index (χ0) is 13.9. The van der Waals surface area contributed by atoms with Gasteiger partial charge in [-0.3, -0.25) is 5.10 Å². The second-order valence-corrected chi connectivity index (χ2v) is 6.57. The average Bonchev–Trinajstić information content (AvgIpc) is 2.88. The monoisotopic (exact) mass is 279 g/mol. The Hall–Kier alpha value is -1.66. The molecule has 0 radical (unpaired) electrons. The van der Waals surface area contributed by atoms with E-state index in [4.69, 9.17) is 0 Å². The van der Waals surface area contributed by atoms with Gasteiger partial charge in [-0.15, -0.1) is 0 Å². The molecule has 6 heteroatoms. The van der Waals surface area contributed by atoms with Crippen LogP contribution >= 0.6 is 0 Å². The zero-order valence-electron chi connectivity index (χ0n) is 10.9. The molecule has 0 spiro atoms. The Morgan fingerprint density at radius 2 is 2.00 bits per heavy atom. The van der Waals surface area contributed by atoms with Gasteiger partial charge in [-0.25, -0.2) is 8.42 Å². The highest BCUT2D eigenvalue weighted by Crippen LogP contribution is 2.16. The molecule has 0 amide bonds. The number of sulfone groups is 1. The molecule has 5 nitrogen and oxygen atoms in total. The molecule has 2 rings (SSSR count). The number of rotatable bonds is 5. The summed E-state index contributed by atoms with van der Waals surface area (Å²) >= 11 is 0. The average molecular weight is 279 g/mol. The van der Waals surface area contributed by atoms with E-state index in [9.17, 15) is 8.42 Å². The predicted molar refractivity (Wildman–Crippen MR) is 73.4 cm³/mol. The Bertz CT molecular complexity index is 618. The van der Waals surface area contributed by atoms with Crippen LogP contribution in [-0.4, -0.2) is 24.9 Å². The molecular formula is C13H17N3O2S. The maximum atomic E-state index is 11.4. The van der Waals surface area contributed by atoms with Gasteiger partial charge in [0.15, 0.2) is 9.84 Å². The van der Waals surface area contributed by atoms with Gasteiger partial charge in [0, 0.05) is 30.6 Å². The van der Waals surface area contributed by atoms with Gasteiger partial charge in [0.05, 0.1) is 11.1 Å². The smallest absolute Gasteiger partial charge is 0.175 e. The van der Waals surface area contributed by atoms with Crippen molar-refractivity contribution in [1.82, 2.24) is 15.5 Å². The lowest BCUT2D eigenvalue weighted by Gasteiger charge is -2.13. The van der Waals surface area contributed by atoms with Gasteiger partial charge in [0.2, 0.25) is 0 Å². The fourth-order valence-electron chi connectivity index (χ4n) is 1.77. The number of hydrogen-bond donors (Lipinski definition) is 2. The predicted octanol–water partition coefficient (Wildman–Crippen LogP) is 1.66. The summed E-state index contributed by atoms with van der Waals surface area (Å²) in [6.45, 7) is 2.75. The zero-order valence-corrected chi connectivity index (χ0v) is 11.7. The van der Waals surface area contributed by atoms with E-state index in [1.165, 1.54) is 6.26 Å². The first-order valence-electron chi connectivity index (χ1n) is 5.98. The molecule has 0 aliphatic rings. The van der Waals surface area contributed by atoms with Crippen molar-refractivity contribution in [3.63, 3.8) is 0 Å². The Kier molecular flexibility index (Phi) is 4.01. The maximum absolute atomic E-state index is 11.4. The van der Waals surface area contributed by atoms with Crippen molar-refractivity contribution in [2.24, 2.45) is 0 Å². The van der Waals surface area contributed by atoms with Crippen LogP contribution in [0.1, 0.15) is 24.1 Å². The van der Waals surface area contributed by atoms with Crippen LogP contribution < -0.4 is 5.32 Å². The summed E-state index contributed by atoms with van der Waals surface area (Å²) in [5.41, 5.74) is 2.13. The lowest BCUT2D eigenvalue weighted by Crippen LogP contribution is -2.17. The number of nitrogens with one attached hydrogen (secondary N) is 2. The molecular weight excluding hydrogens is 262 g/mol. The van der Waals surface area contributed by atoms with Gasteiger partial charge in [-0.2, -0.15) is 5.10 Å². The quantitative estimate of drug-likeness (QED) is 0.873. The van der Waals surface area contributed by atoms with Crippen molar-refractivity contribution in [2.45, 2.75) is 24.4 Å². The second kappa shape index (κ2) is 5.54. The third-order valence-corrected chi connectivity index (χ3v) is 4.10. The van der Waals surface area contributed by atoms with Gasteiger partial charge in [-0.05, 0) is 24.6 Å². The third-order valence-electron chi connectivity index (χ3n) is 2.98. The van der Waals surface area contributed by atoms with Gasteiger partial charge in [-0.1, -0.05) is 12.1 Å². The molecule has 1 heterocycles. The highest BCUT2D eigenvalue weighted by Gasteiger charge is 2.09. The maximum Gasteiger partial charge on any atom is 0.175 e. The lowest BCUT2D eigenvalue weighted by molar-refractivity contribution is 0.574. The largest absolute Gasteiger partial charge is 0.306 e. The van der Waals surface area contributed by atoms with E-state index in [1.807, 2.05) is 25.3 Å². The molecule has 0 fully saturated rings. The van der Waals surface area contributed by atoms with Crippen molar-refractivity contribution in [3.05, 3.63) is 47.8 Å². The van der Waals surface area contributed by atoms with E-state index in [1.54, 1.807) is 18.3 Å². The molecule has 2 aromatic rings. The van der Waals surface area contributed by atoms with Crippen LogP contribution in [0.2, 0.25) is 0 Å². The summed E-state index contributed by atoms with van der Waals surface area (Å²) in [5.74, 6) is 0. The van der Waals surface area contributed by atoms with Crippen molar-refractivity contribution >= 4 is 9.84 Å². The molecule has 0 saturated heterocycles. The number of hydrogen-bond acceptors (Lipinski definition) is 4. The third kappa shape index (κ3) is 3.65. The molecule has 1 atom stereocenters.